The van der Waals surface area contributed by atoms with E-state index in [1.54, 1.807) is 0 Å². The Bertz CT molecular complexity index is 430. The quantitative estimate of drug-likeness (QED) is 0.447. The van der Waals surface area contributed by atoms with Gasteiger partial charge >= 0.3 is 6.16 Å². The van der Waals surface area contributed by atoms with Crippen LogP contribution in [0.2, 0.25) is 0 Å². The van der Waals surface area contributed by atoms with Crippen molar-refractivity contribution in [3.63, 3.8) is 0 Å². The van der Waals surface area contributed by atoms with Crippen molar-refractivity contribution in [2.24, 2.45) is 41.4 Å². The van der Waals surface area contributed by atoms with Gasteiger partial charge in [-0.3, -0.25) is 0 Å². The molecule has 0 aromatic carbocycles. The second-order valence-corrected chi connectivity index (χ2v) is 7.17. The molecule has 4 aliphatic rings. The van der Waals surface area contributed by atoms with Gasteiger partial charge in [0.15, 0.2) is 0 Å². The summed E-state index contributed by atoms with van der Waals surface area (Å²) in [6.07, 6.45) is 9.35. The molecule has 3 heteroatoms. The van der Waals surface area contributed by atoms with Crippen molar-refractivity contribution in [2.75, 3.05) is 13.2 Å². The van der Waals surface area contributed by atoms with Crippen molar-refractivity contribution >= 4 is 6.16 Å². The molecule has 0 amide bonds. The third-order valence-corrected chi connectivity index (χ3v) is 6.25. The summed E-state index contributed by atoms with van der Waals surface area (Å²) < 4.78 is 10.3. The lowest BCUT2D eigenvalue weighted by atomic mass is 9.69. The first kappa shape index (κ1) is 12.7. The molecule has 3 saturated carbocycles. The Morgan fingerprint density at radius 1 is 1.10 bits per heavy atom. The SMILES string of the molecule is CCCOC(=O)OCC1CC2CC1C1C3C=CC(C3)C21. The lowest BCUT2D eigenvalue weighted by Gasteiger charge is -2.36. The highest BCUT2D eigenvalue weighted by Crippen LogP contribution is 2.66. The third-order valence-electron chi connectivity index (χ3n) is 6.25. The predicted molar refractivity (Wildman–Crippen MR) is 75.0 cm³/mol. The normalized spacial score (nSPS) is 46.8. The highest BCUT2D eigenvalue weighted by Gasteiger charge is 2.60. The van der Waals surface area contributed by atoms with Gasteiger partial charge in [0.1, 0.15) is 0 Å². The van der Waals surface area contributed by atoms with E-state index >= 15 is 0 Å². The molecule has 3 nitrogen and oxygen atoms in total. The van der Waals surface area contributed by atoms with Gasteiger partial charge in [-0.05, 0) is 67.1 Å². The van der Waals surface area contributed by atoms with Crippen LogP contribution in [0.5, 0.6) is 0 Å². The summed E-state index contributed by atoms with van der Waals surface area (Å²) in [6, 6.07) is 0. The Morgan fingerprint density at radius 3 is 2.70 bits per heavy atom. The van der Waals surface area contributed by atoms with Crippen LogP contribution in [0.25, 0.3) is 0 Å². The second-order valence-electron chi connectivity index (χ2n) is 7.17. The van der Waals surface area contributed by atoms with Crippen molar-refractivity contribution in [2.45, 2.75) is 32.6 Å². The van der Waals surface area contributed by atoms with E-state index in [9.17, 15) is 4.79 Å². The molecular weight excluding hydrogens is 252 g/mol. The average molecular weight is 276 g/mol. The van der Waals surface area contributed by atoms with E-state index in [4.69, 9.17) is 9.47 Å². The van der Waals surface area contributed by atoms with Crippen LogP contribution in [-0.2, 0) is 9.47 Å². The predicted octanol–water partition coefficient (Wildman–Crippen LogP) is 3.64. The summed E-state index contributed by atoms with van der Waals surface area (Å²) in [5, 5.41) is 0. The number of hydrogen-bond acceptors (Lipinski definition) is 3. The fraction of sp³-hybridized carbons (Fsp3) is 0.824. The highest BCUT2D eigenvalue weighted by atomic mass is 16.7. The van der Waals surface area contributed by atoms with Gasteiger partial charge in [0.05, 0.1) is 13.2 Å². The summed E-state index contributed by atoms with van der Waals surface area (Å²) in [7, 11) is 0. The van der Waals surface area contributed by atoms with Crippen LogP contribution in [0.15, 0.2) is 12.2 Å². The summed E-state index contributed by atoms with van der Waals surface area (Å²) >= 11 is 0. The number of allylic oxidation sites excluding steroid dienone is 2. The minimum atomic E-state index is -0.473. The van der Waals surface area contributed by atoms with Crippen molar-refractivity contribution < 1.29 is 14.3 Å². The van der Waals surface area contributed by atoms with E-state index in [1.807, 2.05) is 6.92 Å². The molecule has 110 valence electrons. The lowest BCUT2D eigenvalue weighted by molar-refractivity contribution is 0.0254. The molecule has 4 aliphatic carbocycles. The maximum absolute atomic E-state index is 11.5. The molecule has 0 radical (unpaired) electrons. The molecule has 0 aromatic rings. The van der Waals surface area contributed by atoms with E-state index in [0.29, 0.717) is 19.1 Å². The van der Waals surface area contributed by atoms with Crippen LogP contribution < -0.4 is 0 Å². The molecule has 0 spiro atoms. The molecule has 7 unspecified atom stereocenters. The van der Waals surface area contributed by atoms with Gasteiger partial charge in [-0.15, -0.1) is 0 Å². The van der Waals surface area contributed by atoms with Crippen LogP contribution in [0.1, 0.15) is 32.6 Å². The first-order valence-electron chi connectivity index (χ1n) is 8.25. The molecule has 20 heavy (non-hydrogen) atoms. The largest absolute Gasteiger partial charge is 0.508 e. The number of carbonyl (C=O) groups is 1. The molecule has 4 rings (SSSR count). The number of rotatable bonds is 4. The van der Waals surface area contributed by atoms with E-state index in [2.05, 4.69) is 12.2 Å². The molecule has 7 atom stereocenters. The zero-order valence-electron chi connectivity index (χ0n) is 12.2. The Morgan fingerprint density at radius 2 is 1.90 bits per heavy atom. The Balaban J connectivity index is 1.34. The first-order valence-corrected chi connectivity index (χ1v) is 8.25. The lowest BCUT2D eigenvalue weighted by Crippen LogP contribution is -2.33. The summed E-state index contributed by atoms with van der Waals surface area (Å²) in [5.74, 6) is 5.82. The fourth-order valence-electron chi connectivity index (χ4n) is 5.75. The molecule has 4 bridgehead atoms. The monoisotopic (exact) mass is 276 g/mol. The summed E-state index contributed by atoms with van der Waals surface area (Å²) in [6.45, 7) is 3.04. The van der Waals surface area contributed by atoms with Crippen LogP contribution in [0, 0.1) is 41.4 Å². The van der Waals surface area contributed by atoms with Gasteiger partial charge in [-0.1, -0.05) is 19.1 Å². The zero-order chi connectivity index (χ0) is 13.7. The van der Waals surface area contributed by atoms with Crippen LogP contribution in [0.3, 0.4) is 0 Å². The zero-order valence-corrected chi connectivity index (χ0v) is 12.2. The number of carbonyl (C=O) groups excluding carboxylic acids is 1. The van der Waals surface area contributed by atoms with Gasteiger partial charge in [0.25, 0.3) is 0 Å². The summed E-state index contributed by atoms with van der Waals surface area (Å²) in [4.78, 5) is 11.5. The van der Waals surface area contributed by atoms with E-state index < -0.39 is 6.16 Å². The van der Waals surface area contributed by atoms with Gasteiger partial charge in [-0.25, -0.2) is 4.79 Å². The smallest absolute Gasteiger partial charge is 0.434 e. The fourth-order valence-corrected chi connectivity index (χ4v) is 5.75. The molecule has 3 fully saturated rings. The van der Waals surface area contributed by atoms with Gasteiger partial charge < -0.3 is 9.47 Å². The standard InChI is InChI=1S/C17H24O3/c1-2-5-19-17(18)20-9-13-7-12-8-14(13)16-11-4-3-10(6-11)15(12)16/h3-4,10-16H,2,5-9H2,1H3. The Labute approximate surface area is 120 Å². The molecular formula is C17H24O3. The minimum absolute atomic E-state index is 0.467. The van der Waals surface area contributed by atoms with Crippen molar-refractivity contribution in [1.29, 1.82) is 0 Å². The Hall–Kier alpha value is -0.990. The number of ether oxygens (including phenoxy) is 2. The number of hydrogen-bond donors (Lipinski definition) is 0. The Kier molecular flexibility index (Phi) is 3.04. The van der Waals surface area contributed by atoms with Crippen molar-refractivity contribution in [1.82, 2.24) is 0 Å². The van der Waals surface area contributed by atoms with Gasteiger partial charge in [-0.2, -0.15) is 0 Å². The van der Waals surface area contributed by atoms with Crippen molar-refractivity contribution in [3.05, 3.63) is 12.2 Å². The van der Waals surface area contributed by atoms with Crippen LogP contribution in [-0.4, -0.2) is 19.4 Å². The van der Waals surface area contributed by atoms with E-state index in [1.165, 1.54) is 19.3 Å². The van der Waals surface area contributed by atoms with Crippen molar-refractivity contribution in [3.8, 4) is 0 Å². The molecule has 0 saturated heterocycles. The molecule has 0 aromatic heterocycles. The molecule has 0 heterocycles. The maximum Gasteiger partial charge on any atom is 0.508 e. The number of fused-ring (bicyclic) bond motifs is 9. The minimum Gasteiger partial charge on any atom is -0.434 e. The molecule has 0 N–H and O–H groups in total. The van der Waals surface area contributed by atoms with Gasteiger partial charge in [0.2, 0.25) is 0 Å². The van der Waals surface area contributed by atoms with Gasteiger partial charge in [0, 0.05) is 0 Å². The summed E-state index contributed by atoms with van der Waals surface area (Å²) in [5.41, 5.74) is 0. The third kappa shape index (κ3) is 1.82. The average Bonchev–Trinajstić information content (AvgIpc) is 3.19. The molecule has 0 aliphatic heterocycles. The topological polar surface area (TPSA) is 35.5 Å². The second kappa shape index (κ2) is 4.78. The van der Waals surface area contributed by atoms with Crippen LogP contribution >= 0.6 is 0 Å². The maximum atomic E-state index is 11.5. The first-order chi connectivity index (χ1) is 9.78. The van der Waals surface area contributed by atoms with Crippen LogP contribution in [0.4, 0.5) is 4.79 Å². The highest BCUT2D eigenvalue weighted by molar-refractivity contribution is 5.59. The van der Waals surface area contributed by atoms with E-state index in [-0.39, 0.29) is 0 Å². The van der Waals surface area contributed by atoms with E-state index in [0.717, 1.165) is 41.9 Å².